The van der Waals surface area contributed by atoms with Gasteiger partial charge in [-0.1, -0.05) is 24.3 Å². The van der Waals surface area contributed by atoms with E-state index in [1.807, 2.05) is 37.3 Å². The molecule has 4 N–H and O–H groups in total. The molecule has 0 bridgehead atoms. The number of aromatic nitrogens is 1. The summed E-state index contributed by atoms with van der Waals surface area (Å²) in [7, 11) is 0. The summed E-state index contributed by atoms with van der Waals surface area (Å²) in [6, 6.07) is 9.66. The summed E-state index contributed by atoms with van der Waals surface area (Å²) in [5, 5.41) is 12.3. The molecule has 1 heterocycles. The zero-order valence-electron chi connectivity index (χ0n) is 10.4. The van der Waals surface area contributed by atoms with Crippen LogP contribution in [0, 0.1) is 6.92 Å². The molecule has 1 aromatic heterocycles. The number of hydrogen-bond donors (Lipinski definition) is 3. The zero-order valence-corrected chi connectivity index (χ0v) is 10.4. The second kappa shape index (κ2) is 5.51. The maximum absolute atomic E-state index is 9.07. The minimum absolute atomic E-state index is 0.0543. The number of rotatable bonds is 4. The Bertz CT molecular complexity index is 540. The van der Waals surface area contributed by atoms with Crippen molar-refractivity contribution in [3.63, 3.8) is 0 Å². The van der Waals surface area contributed by atoms with Crippen molar-refractivity contribution >= 4 is 11.5 Å². The number of nitrogens with zero attached hydrogens (tertiary/aromatic N) is 1. The highest BCUT2D eigenvalue weighted by atomic mass is 16.3. The van der Waals surface area contributed by atoms with Crippen LogP contribution in [0.5, 0.6) is 0 Å². The molecule has 4 nitrogen and oxygen atoms in total. The van der Waals surface area contributed by atoms with E-state index >= 15 is 0 Å². The molecule has 0 atom stereocenters. The molecule has 0 amide bonds. The molecular formula is C14H17N3O. The van der Waals surface area contributed by atoms with Gasteiger partial charge < -0.3 is 16.2 Å². The minimum atomic E-state index is 0.0543. The van der Waals surface area contributed by atoms with Crippen LogP contribution in [0.15, 0.2) is 36.5 Å². The van der Waals surface area contributed by atoms with Crippen LogP contribution in [0.25, 0.3) is 0 Å². The van der Waals surface area contributed by atoms with E-state index in [-0.39, 0.29) is 6.61 Å². The van der Waals surface area contributed by atoms with Crippen LogP contribution in [-0.4, -0.2) is 10.1 Å². The van der Waals surface area contributed by atoms with Crippen LogP contribution >= 0.6 is 0 Å². The van der Waals surface area contributed by atoms with E-state index in [0.717, 1.165) is 16.7 Å². The molecule has 0 spiro atoms. The van der Waals surface area contributed by atoms with Crippen LogP contribution in [0.3, 0.4) is 0 Å². The van der Waals surface area contributed by atoms with Crippen LogP contribution in [0.1, 0.15) is 16.7 Å². The zero-order chi connectivity index (χ0) is 13.0. The molecule has 0 saturated heterocycles. The number of aliphatic hydroxyl groups is 1. The lowest BCUT2D eigenvalue weighted by Gasteiger charge is -2.09. The fraction of sp³-hybridized carbons (Fsp3) is 0.214. The lowest BCUT2D eigenvalue weighted by molar-refractivity contribution is 0.281. The topological polar surface area (TPSA) is 71.2 Å². The summed E-state index contributed by atoms with van der Waals surface area (Å²) in [4.78, 5) is 4.25. The molecule has 1 aromatic carbocycles. The number of nitrogen functional groups attached to an aromatic ring is 1. The van der Waals surface area contributed by atoms with Crippen molar-refractivity contribution in [3.8, 4) is 0 Å². The van der Waals surface area contributed by atoms with Crippen LogP contribution < -0.4 is 11.1 Å². The summed E-state index contributed by atoms with van der Waals surface area (Å²) < 4.78 is 0. The molecule has 2 aromatic rings. The highest BCUT2D eigenvalue weighted by Crippen LogP contribution is 2.17. The van der Waals surface area contributed by atoms with Crippen LogP contribution in [-0.2, 0) is 13.2 Å². The van der Waals surface area contributed by atoms with E-state index in [4.69, 9.17) is 10.8 Å². The molecule has 0 aliphatic rings. The lowest BCUT2D eigenvalue weighted by Crippen LogP contribution is -2.05. The third-order valence-electron chi connectivity index (χ3n) is 2.69. The maximum Gasteiger partial charge on any atom is 0.149 e. The van der Waals surface area contributed by atoms with Crippen molar-refractivity contribution in [2.24, 2.45) is 0 Å². The Kier molecular flexibility index (Phi) is 3.79. The van der Waals surface area contributed by atoms with E-state index in [0.29, 0.717) is 18.1 Å². The number of anilines is 2. The number of nitrogens with two attached hydrogens (primary N) is 1. The lowest BCUT2D eigenvalue weighted by atomic mass is 10.1. The normalized spacial score (nSPS) is 10.3. The van der Waals surface area contributed by atoms with E-state index in [1.54, 1.807) is 6.20 Å². The summed E-state index contributed by atoms with van der Waals surface area (Å²) >= 11 is 0. The van der Waals surface area contributed by atoms with Crippen molar-refractivity contribution < 1.29 is 5.11 Å². The van der Waals surface area contributed by atoms with Gasteiger partial charge >= 0.3 is 0 Å². The number of benzene rings is 1. The first-order chi connectivity index (χ1) is 8.69. The molecule has 0 fully saturated rings. The number of aryl methyl sites for hydroxylation is 1. The Morgan fingerprint density at radius 1 is 1.28 bits per heavy atom. The standard InChI is InChI=1S/C14H17N3O/c1-10-5-13(15)14(16-7-10)17-8-11-3-2-4-12(6-11)9-18/h2-7,18H,8-9,15H2,1H3,(H,16,17). The third kappa shape index (κ3) is 2.99. The van der Waals surface area contributed by atoms with E-state index in [2.05, 4.69) is 10.3 Å². The summed E-state index contributed by atoms with van der Waals surface area (Å²) in [6.07, 6.45) is 1.78. The highest BCUT2D eigenvalue weighted by Gasteiger charge is 2.01. The number of pyridine rings is 1. The first-order valence-electron chi connectivity index (χ1n) is 5.83. The van der Waals surface area contributed by atoms with Gasteiger partial charge in [0.1, 0.15) is 5.82 Å². The first kappa shape index (κ1) is 12.4. The molecule has 94 valence electrons. The third-order valence-corrected chi connectivity index (χ3v) is 2.69. The van der Waals surface area contributed by atoms with Gasteiger partial charge in [0.2, 0.25) is 0 Å². The SMILES string of the molecule is Cc1cnc(NCc2cccc(CO)c2)c(N)c1. The van der Waals surface area contributed by atoms with Crippen molar-refractivity contribution in [1.82, 2.24) is 4.98 Å². The predicted molar refractivity (Wildman–Crippen MR) is 73.1 cm³/mol. The van der Waals surface area contributed by atoms with Crippen LogP contribution in [0.2, 0.25) is 0 Å². The van der Waals surface area contributed by atoms with Gasteiger partial charge in [-0.25, -0.2) is 4.98 Å². The second-order valence-corrected chi connectivity index (χ2v) is 4.28. The van der Waals surface area contributed by atoms with E-state index < -0.39 is 0 Å². The van der Waals surface area contributed by atoms with Gasteiger partial charge in [-0.2, -0.15) is 0 Å². The highest BCUT2D eigenvalue weighted by molar-refractivity contribution is 5.61. The molecule has 2 rings (SSSR count). The van der Waals surface area contributed by atoms with Crippen molar-refractivity contribution in [1.29, 1.82) is 0 Å². The first-order valence-corrected chi connectivity index (χ1v) is 5.83. The summed E-state index contributed by atoms with van der Waals surface area (Å²) in [5.41, 5.74) is 9.55. The Morgan fingerprint density at radius 2 is 2.06 bits per heavy atom. The predicted octanol–water partition coefficient (Wildman–Crippen LogP) is 2.08. The van der Waals surface area contributed by atoms with Crippen molar-refractivity contribution in [3.05, 3.63) is 53.2 Å². The Balaban J connectivity index is 2.06. The number of hydrogen-bond acceptors (Lipinski definition) is 4. The van der Waals surface area contributed by atoms with Gasteiger partial charge in [0.05, 0.1) is 12.3 Å². The maximum atomic E-state index is 9.07. The molecule has 0 aliphatic heterocycles. The van der Waals surface area contributed by atoms with Gasteiger partial charge in [0.15, 0.2) is 0 Å². The smallest absolute Gasteiger partial charge is 0.149 e. The fourth-order valence-corrected chi connectivity index (χ4v) is 1.76. The minimum Gasteiger partial charge on any atom is -0.396 e. The van der Waals surface area contributed by atoms with Gasteiger partial charge in [0, 0.05) is 12.7 Å². The van der Waals surface area contributed by atoms with Crippen molar-refractivity contribution in [2.45, 2.75) is 20.1 Å². The Labute approximate surface area is 106 Å². The van der Waals surface area contributed by atoms with Gasteiger partial charge in [-0.3, -0.25) is 0 Å². The number of aliphatic hydroxyl groups excluding tert-OH is 1. The Morgan fingerprint density at radius 3 is 2.78 bits per heavy atom. The van der Waals surface area contributed by atoms with E-state index in [9.17, 15) is 0 Å². The molecular weight excluding hydrogens is 226 g/mol. The summed E-state index contributed by atoms with van der Waals surface area (Å²) in [6.45, 7) is 2.64. The quantitative estimate of drug-likeness (QED) is 0.768. The van der Waals surface area contributed by atoms with Gasteiger partial charge in [-0.05, 0) is 29.7 Å². The molecule has 4 heteroatoms. The van der Waals surface area contributed by atoms with E-state index in [1.165, 1.54) is 0 Å². The van der Waals surface area contributed by atoms with Crippen molar-refractivity contribution in [2.75, 3.05) is 11.1 Å². The monoisotopic (exact) mass is 243 g/mol. The molecule has 18 heavy (non-hydrogen) atoms. The average Bonchev–Trinajstić information content (AvgIpc) is 2.38. The molecule has 0 radical (unpaired) electrons. The second-order valence-electron chi connectivity index (χ2n) is 4.28. The Hall–Kier alpha value is -2.07. The fourth-order valence-electron chi connectivity index (χ4n) is 1.76. The molecule has 0 aliphatic carbocycles. The molecule has 0 saturated carbocycles. The van der Waals surface area contributed by atoms with Gasteiger partial charge in [-0.15, -0.1) is 0 Å². The largest absolute Gasteiger partial charge is 0.396 e. The molecule has 0 unspecified atom stereocenters. The number of nitrogens with one attached hydrogen (secondary N) is 1. The van der Waals surface area contributed by atoms with Crippen LogP contribution in [0.4, 0.5) is 11.5 Å². The summed E-state index contributed by atoms with van der Waals surface area (Å²) in [5.74, 6) is 0.690. The van der Waals surface area contributed by atoms with Gasteiger partial charge in [0.25, 0.3) is 0 Å². The average molecular weight is 243 g/mol.